The van der Waals surface area contributed by atoms with Crippen LogP contribution < -0.4 is 10.1 Å². The summed E-state index contributed by atoms with van der Waals surface area (Å²) in [4.78, 5) is 11.7. The molecule has 0 radical (unpaired) electrons. The quantitative estimate of drug-likeness (QED) is 0.836. The molecule has 1 aromatic rings. The molecule has 0 aliphatic heterocycles. The Labute approximate surface area is 124 Å². The number of ether oxygens (including phenoxy) is 1. The fourth-order valence-corrected chi connectivity index (χ4v) is 2.67. The molecule has 2 rings (SSSR count). The average molecular weight is 296 g/mol. The summed E-state index contributed by atoms with van der Waals surface area (Å²) in [6.45, 7) is 4.09. The standard InChI is InChI=1S/C15H24N2O4/c1-3-12-4-6-15(19,7-5-12)10-16-13(18)9-20-14-8-11(2)21-17-14/h8,12,19H,3-7,9-10H2,1-2H3,(H,16,18). The maximum Gasteiger partial charge on any atom is 0.258 e. The SMILES string of the molecule is CCC1CCC(O)(CNC(=O)COc2cc(C)on2)CC1. The van der Waals surface area contributed by atoms with Gasteiger partial charge < -0.3 is 19.7 Å². The fourth-order valence-electron chi connectivity index (χ4n) is 2.67. The van der Waals surface area contributed by atoms with Gasteiger partial charge in [-0.15, -0.1) is 0 Å². The Morgan fingerprint density at radius 3 is 2.86 bits per heavy atom. The number of hydrogen-bond donors (Lipinski definition) is 2. The first-order valence-corrected chi connectivity index (χ1v) is 7.56. The second-order valence-corrected chi connectivity index (χ2v) is 5.92. The number of rotatable bonds is 6. The molecule has 21 heavy (non-hydrogen) atoms. The first-order chi connectivity index (χ1) is 10.0. The van der Waals surface area contributed by atoms with Crippen LogP contribution in [0.3, 0.4) is 0 Å². The van der Waals surface area contributed by atoms with E-state index >= 15 is 0 Å². The summed E-state index contributed by atoms with van der Waals surface area (Å²) >= 11 is 0. The van der Waals surface area contributed by atoms with E-state index in [-0.39, 0.29) is 19.1 Å². The number of nitrogens with one attached hydrogen (secondary N) is 1. The first kappa shape index (κ1) is 15.8. The van der Waals surface area contributed by atoms with Crippen LogP contribution in [0, 0.1) is 12.8 Å². The van der Waals surface area contributed by atoms with E-state index in [0.717, 1.165) is 32.1 Å². The molecule has 0 bridgehead atoms. The number of aliphatic hydroxyl groups is 1. The van der Waals surface area contributed by atoms with Crippen molar-refractivity contribution < 1.29 is 19.2 Å². The Balaban J connectivity index is 1.69. The highest BCUT2D eigenvalue weighted by molar-refractivity contribution is 5.77. The third kappa shape index (κ3) is 4.74. The highest BCUT2D eigenvalue weighted by Gasteiger charge is 2.32. The van der Waals surface area contributed by atoms with Crippen molar-refractivity contribution in [3.8, 4) is 5.88 Å². The van der Waals surface area contributed by atoms with Crippen LogP contribution in [0.2, 0.25) is 0 Å². The molecule has 1 aliphatic rings. The van der Waals surface area contributed by atoms with Crippen LogP contribution in [0.25, 0.3) is 0 Å². The fraction of sp³-hybridized carbons (Fsp3) is 0.733. The van der Waals surface area contributed by atoms with Gasteiger partial charge in [0.05, 0.1) is 5.60 Å². The van der Waals surface area contributed by atoms with E-state index < -0.39 is 5.60 Å². The highest BCUT2D eigenvalue weighted by Crippen LogP contribution is 2.33. The van der Waals surface area contributed by atoms with Crippen LogP contribution in [0.4, 0.5) is 0 Å². The lowest BCUT2D eigenvalue weighted by Gasteiger charge is -2.35. The molecule has 1 aliphatic carbocycles. The Bertz CT molecular complexity index is 464. The normalized spacial score (nSPS) is 25.6. The van der Waals surface area contributed by atoms with Crippen molar-refractivity contribution in [2.75, 3.05) is 13.2 Å². The van der Waals surface area contributed by atoms with Gasteiger partial charge in [-0.25, -0.2) is 0 Å². The molecule has 1 fully saturated rings. The van der Waals surface area contributed by atoms with Gasteiger partial charge in [0.25, 0.3) is 11.8 Å². The van der Waals surface area contributed by atoms with Crippen molar-refractivity contribution in [2.45, 2.75) is 51.6 Å². The zero-order chi connectivity index (χ0) is 15.3. The molecule has 1 saturated carbocycles. The summed E-state index contributed by atoms with van der Waals surface area (Å²) in [5.74, 6) is 1.37. The Kier molecular flexibility index (Phi) is 5.22. The van der Waals surface area contributed by atoms with Gasteiger partial charge in [-0.05, 0) is 43.7 Å². The van der Waals surface area contributed by atoms with Gasteiger partial charge in [-0.2, -0.15) is 0 Å². The van der Waals surface area contributed by atoms with Gasteiger partial charge in [-0.1, -0.05) is 13.3 Å². The minimum absolute atomic E-state index is 0.125. The van der Waals surface area contributed by atoms with E-state index in [9.17, 15) is 9.90 Å². The van der Waals surface area contributed by atoms with Crippen LogP contribution in [-0.4, -0.2) is 34.9 Å². The van der Waals surface area contributed by atoms with Crippen molar-refractivity contribution in [1.29, 1.82) is 0 Å². The minimum Gasteiger partial charge on any atom is -0.465 e. The van der Waals surface area contributed by atoms with Crippen molar-refractivity contribution in [1.82, 2.24) is 10.5 Å². The lowest BCUT2D eigenvalue weighted by Crippen LogP contribution is -2.46. The molecule has 1 aromatic heterocycles. The van der Waals surface area contributed by atoms with Crippen LogP contribution in [0.1, 0.15) is 44.8 Å². The molecule has 0 aromatic carbocycles. The molecule has 0 atom stereocenters. The Morgan fingerprint density at radius 2 is 2.29 bits per heavy atom. The second kappa shape index (κ2) is 6.93. The number of carbonyl (C=O) groups is 1. The predicted molar refractivity (Wildman–Crippen MR) is 76.9 cm³/mol. The monoisotopic (exact) mass is 296 g/mol. The Hall–Kier alpha value is -1.56. The lowest BCUT2D eigenvalue weighted by atomic mass is 9.78. The summed E-state index contributed by atoms with van der Waals surface area (Å²) in [7, 11) is 0. The first-order valence-electron chi connectivity index (χ1n) is 7.56. The van der Waals surface area contributed by atoms with Gasteiger partial charge in [-0.3, -0.25) is 4.79 Å². The van der Waals surface area contributed by atoms with E-state index in [1.54, 1.807) is 13.0 Å². The van der Waals surface area contributed by atoms with Gasteiger partial charge in [0, 0.05) is 12.6 Å². The number of amides is 1. The average Bonchev–Trinajstić information content (AvgIpc) is 2.90. The van der Waals surface area contributed by atoms with Crippen molar-refractivity contribution in [2.24, 2.45) is 5.92 Å². The molecule has 0 saturated heterocycles. The molecule has 0 unspecified atom stereocenters. The zero-order valence-electron chi connectivity index (χ0n) is 12.7. The van der Waals surface area contributed by atoms with E-state index in [1.807, 2.05) is 0 Å². The van der Waals surface area contributed by atoms with E-state index in [0.29, 0.717) is 17.6 Å². The number of nitrogens with zero attached hydrogens (tertiary/aromatic N) is 1. The molecule has 6 heteroatoms. The van der Waals surface area contributed by atoms with Crippen molar-refractivity contribution >= 4 is 5.91 Å². The smallest absolute Gasteiger partial charge is 0.258 e. The number of hydrogen-bond acceptors (Lipinski definition) is 5. The largest absolute Gasteiger partial charge is 0.465 e. The molecule has 1 amide bonds. The maximum atomic E-state index is 11.7. The third-order valence-electron chi connectivity index (χ3n) is 4.19. The molecule has 2 N–H and O–H groups in total. The topological polar surface area (TPSA) is 84.6 Å². The summed E-state index contributed by atoms with van der Waals surface area (Å²) < 4.78 is 10.0. The predicted octanol–water partition coefficient (Wildman–Crippen LogP) is 1.81. The van der Waals surface area contributed by atoms with Crippen LogP contribution in [0.15, 0.2) is 10.6 Å². The molecular formula is C15H24N2O4. The molecular weight excluding hydrogens is 272 g/mol. The van der Waals surface area contributed by atoms with E-state index in [1.165, 1.54) is 0 Å². The molecule has 6 nitrogen and oxygen atoms in total. The van der Waals surface area contributed by atoms with Crippen molar-refractivity contribution in [3.05, 3.63) is 11.8 Å². The molecule has 0 spiro atoms. The van der Waals surface area contributed by atoms with E-state index in [4.69, 9.17) is 9.26 Å². The lowest BCUT2D eigenvalue weighted by molar-refractivity contribution is -0.125. The highest BCUT2D eigenvalue weighted by atomic mass is 16.5. The maximum absolute atomic E-state index is 11.7. The third-order valence-corrected chi connectivity index (χ3v) is 4.19. The zero-order valence-corrected chi connectivity index (χ0v) is 12.7. The van der Waals surface area contributed by atoms with Gasteiger partial charge in [0.15, 0.2) is 6.61 Å². The number of aromatic nitrogens is 1. The number of aryl methyl sites for hydroxylation is 1. The summed E-state index contributed by atoms with van der Waals surface area (Å²) in [6.07, 6.45) is 4.70. The van der Waals surface area contributed by atoms with Crippen LogP contribution in [0.5, 0.6) is 5.88 Å². The van der Waals surface area contributed by atoms with Crippen LogP contribution >= 0.6 is 0 Å². The number of carbonyl (C=O) groups excluding carboxylic acids is 1. The van der Waals surface area contributed by atoms with Gasteiger partial charge in [0.2, 0.25) is 0 Å². The molecule has 1 heterocycles. The summed E-state index contributed by atoms with van der Waals surface area (Å²) in [5.41, 5.74) is -0.772. The van der Waals surface area contributed by atoms with Crippen LogP contribution in [-0.2, 0) is 4.79 Å². The minimum atomic E-state index is -0.772. The van der Waals surface area contributed by atoms with Gasteiger partial charge >= 0.3 is 0 Å². The van der Waals surface area contributed by atoms with E-state index in [2.05, 4.69) is 17.4 Å². The summed E-state index contributed by atoms with van der Waals surface area (Å²) in [6, 6.07) is 1.62. The second-order valence-electron chi connectivity index (χ2n) is 5.92. The van der Waals surface area contributed by atoms with Gasteiger partial charge in [0.1, 0.15) is 5.76 Å². The summed E-state index contributed by atoms with van der Waals surface area (Å²) in [5, 5.41) is 16.8. The van der Waals surface area contributed by atoms with Crippen molar-refractivity contribution in [3.63, 3.8) is 0 Å². The Morgan fingerprint density at radius 1 is 1.57 bits per heavy atom. The molecule has 118 valence electrons.